The summed E-state index contributed by atoms with van der Waals surface area (Å²) in [7, 11) is -3.30. The van der Waals surface area contributed by atoms with Crippen LogP contribution in [0.3, 0.4) is 0 Å². The number of anilines is 1. The molecule has 0 aromatic carbocycles. The van der Waals surface area contributed by atoms with Crippen molar-refractivity contribution in [2.24, 2.45) is 0 Å². The molecule has 0 aliphatic heterocycles. The molecule has 9 nitrogen and oxygen atoms in total. The lowest BCUT2D eigenvalue weighted by molar-refractivity contribution is -0.143. The number of nitrogens with two attached hydrogens (primary N) is 1. The summed E-state index contributed by atoms with van der Waals surface area (Å²) in [5.41, 5.74) is 5.16. The summed E-state index contributed by atoms with van der Waals surface area (Å²) in [5, 5.41) is -0.322. The van der Waals surface area contributed by atoms with Gasteiger partial charge in [-0.3, -0.25) is 9.36 Å². The Morgan fingerprint density at radius 2 is 2.25 bits per heavy atom. The largest absolute Gasteiger partial charge is 0.465 e. The Morgan fingerprint density at radius 1 is 1.54 bits per heavy atom. The van der Waals surface area contributed by atoms with Crippen LogP contribution in [0.25, 0.3) is 0 Å². The molecule has 1 fully saturated rings. The molecule has 1 aliphatic carbocycles. The van der Waals surface area contributed by atoms with Crippen molar-refractivity contribution >= 4 is 21.8 Å². The van der Waals surface area contributed by atoms with Crippen LogP contribution in [0.1, 0.15) is 25.3 Å². The second-order valence-corrected chi connectivity index (χ2v) is 7.17. The third kappa shape index (κ3) is 4.81. The molecule has 0 amide bonds. The van der Waals surface area contributed by atoms with Crippen LogP contribution in [0.4, 0.5) is 5.82 Å². The number of hydrogen-bond donors (Lipinski definition) is 2. The molecule has 24 heavy (non-hydrogen) atoms. The third-order valence-corrected chi connectivity index (χ3v) is 5.07. The third-order valence-electron chi connectivity index (χ3n) is 3.18. The lowest BCUT2D eigenvalue weighted by Crippen LogP contribution is -2.28. The lowest BCUT2D eigenvalue weighted by Gasteiger charge is -2.06. The number of sulfonamides is 1. The molecule has 1 aliphatic rings. The monoisotopic (exact) mass is 354 g/mol. The number of nitrogens with zero attached hydrogens (tertiary/aromatic N) is 2. The van der Waals surface area contributed by atoms with E-state index in [0.717, 1.165) is 4.57 Å². The van der Waals surface area contributed by atoms with Gasteiger partial charge in [0.1, 0.15) is 12.4 Å². The number of hydrogen-bond acceptors (Lipinski definition) is 7. The van der Waals surface area contributed by atoms with E-state index in [4.69, 9.17) is 10.5 Å². The first kappa shape index (κ1) is 18.0. The molecular formula is C14H18N4O5S. The van der Waals surface area contributed by atoms with Crippen molar-refractivity contribution in [2.75, 3.05) is 18.9 Å². The first-order valence-electron chi connectivity index (χ1n) is 7.33. The number of rotatable bonds is 6. The van der Waals surface area contributed by atoms with E-state index in [2.05, 4.69) is 21.5 Å². The molecule has 3 N–H and O–H groups in total. The Balaban J connectivity index is 2.08. The molecule has 1 aromatic rings. The van der Waals surface area contributed by atoms with Crippen molar-refractivity contribution in [3.05, 3.63) is 22.2 Å². The molecule has 0 saturated heterocycles. The van der Waals surface area contributed by atoms with Crippen molar-refractivity contribution in [1.29, 1.82) is 0 Å². The maximum atomic E-state index is 11.7. The number of aromatic nitrogens is 2. The minimum absolute atomic E-state index is 0.0741. The number of carbonyl (C=O) groups excluding carboxylic acids is 1. The Morgan fingerprint density at radius 3 is 2.88 bits per heavy atom. The van der Waals surface area contributed by atoms with Crippen molar-refractivity contribution in [1.82, 2.24) is 14.3 Å². The highest BCUT2D eigenvalue weighted by Gasteiger charge is 2.34. The van der Waals surface area contributed by atoms with Crippen LogP contribution in [0.2, 0.25) is 0 Å². The zero-order valence-electron chi connectivity index (χ0n) is 13.1. The van der Waals surface area contributed by atoms with E-state index >= 15 is 0 Å². The van der Waals surface area contributed by atoms with E-state index in [0.29, 0.717) is 12.8 Å². The molecular weight excluding hydrogens is 336 g/mol. The van der Waals surface area contributed by atoms with E-state index in [1.165, 1.54) is 6.20 Å². The van der Waals surface area contributed by atoms with Gasteiger partial charge in [0.05, 0.1) is 24.0 Å². The van der Waals surface area contributed by atoms with E-state index in [1.54, 1.807) is 6.92 Å². The summed E-state index contributed by atoms with van der Waals surface area (Å²) < 4.78 is 31.5. The summed E-state index contributed by atoms with van der Waals surface area (Å²) in [6.45, 7) is 1.48. The molecule has 0 radical (unpaired) electrons. The quantitative estimate of drug-likeness (QED) is 0.485. The molecule has 0 spiro atoms. The summed E-state index contributed by atoms with van der Waals surface area (Å²) in [6.07, 6.45) is 2.63. The second kappa shape index (κ2) is 7.46. The van der Waals surface area contributed by atoms with Gasteiger partial charge in [-0.1, -0.05) is 11.8 Å². The average molecular weight is 354 g/mol. The van der Waals surface area contributed by atoms with Gasteiger partial charge in [-0.2, -0.15) is 4.98 Å². The number of carbonyl (C=O) groups is 1. The summed E-state index contributed by atoms with van der Waals surface area (Å²) in [6, 6.07) is 0. The van der Waals surface area contributed by atoms with Crippen molar-refractivity contribution in [2.45, 2.75) is 31.6 Å². The highest BCUT2D eigenvalue weighted by molar-refractivity contribution is 7.90. The molecule has 0 unspecified atom stereocenters. The molecule has 2 rings (SSSR count). The van der Waals surface area contributed by atoms with E-state index in [9.17, 15) is 18.0 Å². The maximum Gasteiger partial charge on any atom is 0.350 e. The number of nitrogen functional groups attached to an aromatic ring is 1. The average Bonchev–Trinajstić information content (AvgIpc) is 3.33. The highest BCUT2D eigenvalue weighted by Crippen LogP contribution is 2.27. The molecule has 0 bridgehead atoms. The van der Waals surface area contributed by atoms with Gasteiger partial charge in [0.15, 0.2) is 0 Å². The van der Waals surface area contributed by atoms with E-state index < -0.39 is 21.7 Å². The molecule has 130 valence electrons. The van der Waals surface area contributed by atoms with Gasteiger partial charge in [-0.15, -0.1) is 0 Å². The van der Waals surface area contributed by atoms with Gasteiger partial charge < -0.3 is 10.5 Å². The Bertz CT molecular complexity index is 846. The minimum atomic E-state index is -3.30. The van der Waals surface area contributed by atoms with Crippen LogP contribution in [0.5, 0.6) is 0 Å². The second-order valence-electron chi connectivity index (χ2n) is 5.12. The zero-order valence-corrected chi connectivity index (χ0v) is 13.9. The molecule has 10 heteroatoms. The minimum Gasteiger partial charge on any atom is -0.465 e. The van der Waals surface area contributed by atoms with Gasteiger partial charge in [0.2, 0.25) is 10.0 Å². The fourth-order valence-electron chi connectivity index (χ4n) is 1.83. The summed E-state index contributed by atoms with van der Waals surface area (Å²) in [4.78, 5) is 26.7. The normalized spacial score (nSPS) is 13.9. The SMILES string of the molecule is CCOC(=O)Cn1cc(C#CCNS(=O)(=O)C2CC2)c(N)nc1=O. The molecule has 1 aromatic heterocycles. The topological polar surface area (TPSA) is 133 Å². The first-order valence-corrected chi connectivity index (χ1v) is 8.88. The van der Waals surface area contributed by atoms with Gasteiger partial charge in [-0.25, -0.2) is 17.9 Å². The van der Waals surface area contributed by atoms with Crippen LogP contribution in [0.15, 0.2) is 11.0 Å². The number of nitrogens with one attached hydrogen (secondary N) is 1. The first-order chi connectivity index (χ1) is 11.3. The number of ether oxygens (including phenoxy) is 1. The van der Waals surface area contributed by atoms with E-state index in [1.807, 2.05) is 0 Å². The van der Waals surface area contributed by atoms with Crippen molar-refractivity contribution in [3.8, 4) is 11.8 Å². The molecule has 0 atom stereocenters. The van der Waals surface area contributed by atoms with Crippen LogP contribution < -0.4 is 16.1 Å². The van der Waals surface area contributed by atoms with Crippen LogP contribution in [0, 0.1) is 11.8 Å². The van der Waals surface area contributed by atoms with Gasteiger partial charge >= 0.3 is 11.7 Å². The standard InChI is InChI=1S/C14H18N4O5S/c1-2-23-12(19)9-18-8-10(13(15)17-14(18)20)4-3-7-16-24(21,22)11-5-6-11/h8,11,16H,2,5-7,9H2,1H3,(H2,15,17,20). The Labute approximate surface area is 139 Å². The van der Waals surface area contributed by atoms with Crippen molar-refractivity contribution < 1.29 is 17.9 Å². The fraction of sp³-hybridized carbons (Fsp3) is 0.500. The van der Waals surface area contributed by atoms with Gasteiger partial charge in [0, 0.05) is 6.20 Å². The van der Waals surface area contributed by atoms with Crippen LogP contribution in [-0.4, -0.2) is 42.3 Å². The molecule has 1 heterocycles. The fourth-order valence-corrected chi connectivity index (χ4v) is 3.10. The summed E-state index contributed by atoms with van der Waals surface area (Å²) in [5.74, 6) is 4.59. The zero-order chi connectivity index (χ0) is 17.7. The summed E-state index contributed by atoms with van der Waals surface area (Å²) >= 11 is 0. The van der Waals surface area contributed by atoms with Gasteiger partial charge in [-0.05, 0) is 19.8 Å². The molecule has 1 saturated carbocycles. The predicted molar refractivity (Wildman–Crippen MR) is 86.4 cm³/mol. The van der Waals surface area contributed by atoms with Gasteiger partial charge in [0.25, 0.3) is 0 Å². The van der Waals surface area contributed by atoms with Crippen molar-refractivity contribution in [3.63, 3.8) is 0 Å². The predicted octanol–water partition coefficient (Wildman–Crippen LogP) is -1.18. The Hall–Kier alpha value is -2.38. The van der Waals surface area contributed by atoms with E-state index in [-0.39, 0.29) is 36.3 Å². The smallest absolute Gasteiger partial charge is 0.350 e. The number of esters is 1. The maximum absolute atomic E-state index is 11.7. The Kier molecular flexibility index (Phi) is 5.58. The van der Waals surface area contributed by atoms with Crippen LogP contribution >= 0.6 is 0 Å². The lowest BCUT2D eigenvalue weighted by atomic mass is 10.3. The van der Waals surface area contributed by atoms with Crippen LogP contribution in [-0.2, 0) is 26.1 Å². The highest BCUT2D eigenvalue weighted by atomic mass is 32.2.